The average molecular weight is 249 g/mol. The summed E-state index contributed by atoms with van der Waals surface area (Å²) in [6.45, 7) is 0.390. The molecular weight excluding hydrogens is 233 g/mol. The molecule has 1 aromatic carbocycles. The molecule has 0 saturated carbocycles. The fraction of sp³-hybridized carbons (Fsp3) is 0.462. The molecule has 0 bridgehead atoms. The zero-order chi connectivity index (χ0) is 12.7. The zero-order valence-corrected chi connectivity index (χ0v) is 9.97. The average Bonchev–Trinajstić information content (AvgIpc) is 2.63. The van der Waals surface area contributed by atoms with Crippen molar-refractivity contribution in [2.75, 3.05) is 13.1 Å². The number of amides is 2. The molecule has 5 heteroatoms. The van der Waals surface area contributed by atoms with Crippen molar-refractivity contribution >= 4 is 6.03 Å². The fourth-order valence-corrected chi connectivity index (χ4v) is 2.61. The van der Waals surface area contributed by atoms with Gasteiger partial charge in [0.05, 0.1) is 25.2 Å². The Kier molecular flexibility index (Phi) is 2.70. The van der Waals surface area contributed by atoms with Crippen LogP contribution in [0.3, 0.4) is 0 Å². The van der Waals surface area contributed by atoms with E-state index in [-0.39, 0.29) is 31.2 Å². The normalized spacial score (nSPS) is 26.7. The highest BCUT2D eigenvalue weighted by molar-refractivity contribution is 5.76. The second kappa shape index (κ2) is 4.24. The van der Waals surface area contributed by atoms with Gasteiger partial charge in [-0.15, -0.1) is 0 Å². The quantitative estimate of drug-likeness (QED) is 0.779. The number of hydrogen-bond donors (Lipinski definition) is 2. The minimum atomic E-state index is -0.870. The first-order valence-corrected chi connectivity index (χ1v) is 6.18. The first-order valence-electron chi connectivity index (χ1n) is 6.18. The summed E-state index contributed by atoms with van der Waals surface area (Å²) in [4.78, 5) is 13.3. The van der Waals surface area contributed by atoms with E-state index in [2.05, 4.69) is 5.32 Å². The maximum absolute atomic E-state index is 12.7. The van der Waals surface area contributed by atoms with Gasteiger partial charge in [-0.1, -0.05) is 24.3 Å². The van der Waals surface area contributed by atoms with Crippen LogP contribution in [0.4, 0.5) is 9.18 Å². The first kappa shape index (κ1) is 11.5. The molecule has 0 radical (unpaired) electrons. The summed E-state index contributed by atoms with van der Waals surface area (Å²) in [5.41, 5.74) is 8.39. The van der Waals surface area contributed by atoms with E-state index in [4.69, 9.17) is 5.73 Å². The summed E-state index contributed by atoms with van der Waals surface area (Å²) in [5, 5.41) is 2.89. The highest BCUT2D eigenvalue weighted by Gasteiger charge is 2.35. The molecular formula is C13H16FN3O. The van der Waals surface area contributed by atoms with Gasteiger partial charge in [0.25, 0.3) is 0 Å². The van der Waals surface area contributed by atoms with Crippen LogP contribution in [0.2, 0.25) is 0 Å². The lowest BCUT2D eigenvalue weighted by Crippen LogP contribution is -2.57. The molecule has 1 aliphatic heterocycles. The van der Waals surface area contributed by atoms with Crippen LogP contribution in [-0.4, -0.2) is 36.2 Å². The van der Waals surface area contributed by atoms with Crippen LogP contribution < -0.4 is 11.1 Å². The second-order valence-electron chi connectivity index (χ2n) is 4.99. The maximum Gasteiger partial charge on any atom is 0.317 e. The lowest BCUT2D eigenvalue weighted by molar-refractivity contribution is 0.0877. The van der Waals surface area contributed by atoms with E-state index in [1.807, 2.05) is 24.3 Å². The Morgan fingerprint density at radius 1 is 1.39 bits per heavy atom. The number of rotatable bonds is 1. The van der Waals surface area contributed by atoms with Gasteiger partial charge in [-0.2, -0.15) is 0 Å². The minimum Gasteiger partial charge on any atom is -0.333 e. The lowest BCUT2D eigenvalue weighted by atomic mass is 10.1. The van der Waals surface area contributed by atoms with Gasteiger partial charge in [-0.05, 0) is 17.5 Å². The number of alkyl halides is 1. The molecule has 1 aromatic rings. The van der Waals surface area contributed by atoms with Gasteiger partial charge in [0.15, 0.2) is 0 Å². The monoisotopic (exact) mass is 249 g/mol. The Morgan fingerprint density at radius 3 is 2.78 bits per heavy atom. The smallest absolute Gasteiger partial charge is 0.317 e. The van der Waals surface area contributed by atoms with E-state index in [9.17, 15) is 9.18 Å². The van der Waals surface area contributed by atoms with Gasteiger partial charge < -0.3 is 16.0 Å². The Bertz CT molecular complexity index is 473. The SMILES string of the molecule is N[C@@H]1c2ccccc2C[C@H]1NC(=O)N1CC(F)C1. The van der Waals surface area contributed by atoms with E-state index < -0.39 is 6.17 Å². The number of halogens is 1. The van der Waals surface area contributed by atoms with Crippen LogP contribution in [0.1, 0.15) is 17.2 Å². The van der Waals surface area contributed by atoms with Crippen LogP contribution in [0.15, 0.2) is 24.3 Å². The predicted molar refractivity (Wildman–Crippen MR) is 65.9 cm³/mol. The highest BCUT2D eigenvalue weighted by atomic mass is 19.1. The molecule has 3 N–H and O–H groups in total. The summed E-state index contributed by atoms with van der Waals surface area (Å²) in [5.74, 6) is 0. The summed E-state index contributed by atoms with van der Waals surface area (Å²) in [7, 11) is 0. The van der Waals surface area contributed by atoms with E-state index in [0.717, 1.165) is 12.0 Å². The number of nitrogens with zero attached hydrogens (tertiary/aromatic N) is 1. The number of nitrogens with one attached hydrogen (secondary N) is 1. The molecule has 1 aliphatic carbocycles. The maximum atomic E-state index is 12.7. The molecule has 18 heavy (non-hydrogen) atoms. The molecule has 3 rings (SSSR count). The predicted octanol–water partition coefficient (Wildman–Crippen LogP) is 0.974. The van der Waals surface area contributed by atoms with Gasteiger partial charge in [0.2, 0.25) is 0 Å². The van der Waals surface area contributed by atoms with Crippen molar-refractivity contribution in [3.8, 4) is 0 Å². The van der Waals surface area contributed by atoms with Gasteiger partial charge >= 0.3 is 6.03 Å². The molecule has 0 unspecified atom stereocenters. The van der Waals surface area contributed by atoms with Crippen molar-refractivity contribution < 1.29 is 9.18 Å². The summed E-state index contributed by atoms with van der Waals surface area (Å²) >= 11 is 0. The van der Waals surface area contributed by atoms with Crippen molar-refractivity contribution in [2.45, 2.75) is 24.7 Å². The number of hydrogen-bond acceptors (Lipinski definition) is 2. The number of urea groups is 1. The van der Waals surface area contributed by atoms with E-state index in [1.54, 1.807) is 0 Å². The Morgan fingerprint density at radius 2 is 2.11 bits per heavy atom. The van der Waals surface area contributed by atoms with Crippen LogP contribution in [0, 0.1) is 0 Å². The van der Waals surface area contributed by atoms with Crippen molar-refractivity contribution in [1.29, 1.82) is 0 Å². The Hall–Kier alpha value is -1.62. The van der Waals surface area contributed by atoms with Crippen molar-refractivity contribution in [3.63, 3.8) is 0 Å². The number of carbonyl (C=O) groups excluding carboxylic acids is 1. The number of benzene rings is 1. The van der Waals surface area contributed by atoms with Gasteiger partial charge in [-0.3, -0.25) is 0 Å². The third-order valence-electron chi connectivity index (χ3n) is 3.72. The lowest BCUT2D eigenvalue weighted by Gasteiger charge is -2.35. The van der Waals surface area contributed by atoms with Crippen molar-refractivity contribution in [3.05, 3.63) is 35.4 Å². The summed E-state index contributed by atoms with van der Waals surface area (Å²) < 4.78 is 12.7. The molecule has 4 nitrogen and oxygen atoms in total. The topological polar surface area (TPSA) is 58.4 Å². The second-order valence-corrected chi connectivity index (χ2v) is 4.99. The highest BCUT2D eigenvalue weighted by Crippen LogP contribution is 2.29. The van der Waals surface area contributed by atoms with Crippen molar-refractivity contribution in [2.24, 2.45) is 5.73 Å². The number of likely N-dealkylation sites (tertiary alicyclic amines) is 1. The Labute approximate surface area is 105 Å². The van der Waals surface area contributed by atoms with E-state index in [0.29, 0.717) is 0 Å². The molecule has 2 amide bonds. The van der Waals surface area contributed by atoms with Gasteiger partial charge in [-0.25, -0.2) is 9.18 Å². The van der Waals surface area contributed by atoms with Crippen LogP contribution in [0.25, 0.3) is 0 Å². The number of fused-ring (bicyclic) bond motifs is 1. The molecule has 96 valence electrons. The molecule has 2 aliphatic rings. The minimum absolute atomic E-state index is 0.0893. The van der Waals surface area contributed by atoms with Crippen LogP contribution in [0.5, 0.6) is 0 Å². The molecule has 0 spiro atoms. The van der Waals surface area contributed by atoms with Gasteiger partial charge in [0.1, 0.15) is 6.17 Å². The molecule has 1 fully saturated rings. The fourth-order valence-electron chi connectivity index (χ4n) is 2.61. The first-order chi connectivity index (χ1) is 8.65. The summed E-state index contributed by atoms with van der Waals surface area (Å²) in [6, 6.07) is 7.47. The molecule has 2 atom stereocenters. The van der Waals surface area contributed by atoms with Crippen LogP contribution >= 0.6 is 0 Å². The van der Waals surface area contributed by atoms with Crippen molar-refractivity contribution in [1.82, 2.24) is 10.2 Å². The standard InChI is InChI=1S/C13H16FN3O/c14-9-6-17(7-9)13(18)16-11-5-8-3-1-2-4-10(8)12(11)15/h1-4,9,11-12H,5-7,15H2,(H,16,18)/t11-,12-/m1/s1. The largest absolute Gasteiger partial charge is 0.333 e. The zero-order valence-electron chi connectivity index (χ0n) is 9.97. The van der Waals surface area contributed by atoms with E-state index >= 15 is 0 Å². The van der Waals surface area contributed by atoms with Gasteiger partial charge in [0, 0.05) is 0 Å². The molecule has 1 heterocycles. The third kappa shape index (κ3) is 1.84. The van der Waals surface area contributed by atoms with Crippen LogP contribution in [-0.2, 0) is 6.42 Å². The Balaban J connectivity index is 1.64. The van der Waals surface area contributed by atoms with E-state index in [1.165, 1.54) is 10.5 Å². The molecule has 1 saturated heterocycles. The molecule has 0 aromatic heterocycles. The third-order valence-corrected chi connectivity index (χ3v) is 3.72. The number of nitrogens with two attached hydrogens (primary N) is 1. The number of carbonyl (C=O) groups is 1. The summed E-state index contributed by atoms with van der Waals surface area (Å²) in [6.07, 6.45) is -0.124.